The summed E-state index contributed by atoms with van der Waals surface area (Å²) in [6.07, 6.45) is 3.53. The van der Waals surface area contributed by atoms with E-state index in [1.165, 1.54) is 5.56 Å². The second-order valence-electron chi connectivity index (χ2n) is 13.0. The molecule has 1 aliphatic heterocycles. The van der Waals surface area contributed by atoms with Gasteiger partial charge in [-0.3, -0.25) is 14.5 Å². The number of hydrogen-bond donors (Lipinski definition) is 2. The van der Waals surface area contributed by atoms with Crippen LogP contribution in [0.2, 0.25) is 0 Å². The van der Waals surface area contributed by atoms with Crippen molar-refractivity contribution in [2.45, 2.75) is 77.7 Å². The predicted octanol–water partition coefficient (Wildman–Crippen LogP) is 4.90. The zero-order valence-corrected chi connectivity index (χ0v) is 29.0. The minimum Gasteiger partial charge on any atom is -0.497 e. The molecule has 0 saturated carbocycles. The number of rotatable bonds is 12. The van der Waals surface area contributed by atoms with Gasteiger partial charge in [-0.1, -0.05) is 19.1 Å². The van der Waals surface area contributed by atoms with Gasteiger partial charge >= 0.3 is 0 Å². The molecule has 3 rings (SSSR count). The van der Waals surface area contributed by atoms with Crippen molar-refractivity contribution >= 4 is 17.5 Å². The van der Waals surface area contributed by atoms with Gasteiger partial charge in [0.25, 0.3) is 5.91 Å². The highest BCUT2D eigenvalue weighted by Gasteiger charge is 2.30. The van der Waals surface area contributed by atoms with Crippen molar-refractivity contribution in [2.75, 3.05) is 66.4 Å². The lowest BCUT2D eigenvalue weighted by Crippen LogP contribution is -2.47. The van der Waals surface area contributed by atoms with Gasteiger partial charge in [0.1, 0.15) is 11.5 Å². The molecule has 2 aromatic rings. The first-order valence-corrected chi connectivity index (χ1v) is 16.6. The number of amides is 2. The number of benzene rings is 2. The molecule has 10 heteroatoms. The molecule has 46 heavy (non-hydrogen) atoms. The Labute approximate surface area is 276 Å². The van der Waals surface area contributed by atoms with Crippen LogP contribution in [-0.2, 0) is 16.1 Å². The van der Waals surface area contributed by atoms with E-state index in [2.05, 4.69) is 36.3 Å². The number of fused-ring (bicyclic) bond motifs is 1. The molecule has 4 atom stereocenters. The van der Waals surface area contributed by atoms with Crippen LogP contribution in [-0.4, -0.2) is 111 Å². The normalized spacial score (nSPS) is 20.5. The lowest BCUT2D eigenvalue weighted by molar-refractivity contribution is -0.116. The van der Waals surface area contributed by atoms with Crippen molar-refractivity contribution in [2.24, 2.45) is 5.92 Å². The van der Waals surface area contributed by atoms with Gasteiger partial charge < -0.3 is 34.4 Å². The van der Waals surface area contributed by atoms with Crippen molar-refractivity contribution < 1.29 is 28.9 Å². The fourth-order valence-electron chi connectivity index (χ4n) is 5.66. The Kier molecular flexibility index (Phi) is 15.3. The molecule has 2 N–H and O–H groups in total. The molecule has 2 amide bonds. The van der Waals surface area contributed by atoms with Crippen LogP contribution in [0.25, 0.3) is 0 Å². The molecule has 0 unspecified atom stereocenters. The van der Waals surface area contributed by atoms with Crippen molar-refractivity contribution in [3.05, 3.63) is 53.6 Å². The lowest BCUT2D eigenvalue weighted by atomic mass is 10.0. The fourth-order valence-corrected chi connectivity index (χ4v) is 5.66. The van der Waals surface area contributed by atoms with Crippen molar-refractivity contribution in [1.82, 2.24) is 14.7 Å². The number of carbonyl (C=O) groups is 2. The second kappa shape index (κ2) is 18.8. The zero-order chi connectivity index (χ0) is 33.6. The van der Waals surface area contributed by atoms with E-state index in [4.69, 9.17) is 14.2 Å². The van der Waals surface area contributed by atoms with Crippen molar-refractivity contribution in [3.8, 4) is 11.5 Å². The summed E-state index contributed by atoms with van der Waals surface area (Å²) in [6.45, 7) is 9.03. The smallest absolute Gasteiger partial charge is 0.258 e. The third kappa shape index (κ3) is 11.9. The SMILES string of the molecule is COc1ccc(CN(C)C[C@@H]2OCCCC[C@@H](C)Oc3ccc(NC(=O)CCCN(C)C)cc3C(=O)N([C@@H](C)CO)C[C@@H]2C)cc1. The zero-order valence-electron chi connectivity index (χ0n) is 29.0. The van der Waals surface area contributed by atoms with Crippen LogP contribution in [0, 0.1) is 5.92 Å². The Balaban J connectivity index is 1.85. The van der Waals surface area contributed by atoms with Gasteiger partial charge in [0.2, 0.25) is 5.91 Å². The Morgan fingerprint density at radius 3 is 2.54 bits per heavy atom. The number of ether oxygens (including phenoxy) is 3. The predicted molar refractivity (Wildman–Crippen MR) is 183 cm³/mol. The average Bonchev–Trinajstić information content (AvgIpc) is 3.02. The molecular weight excluding hydrogens is 584 g/mol. The number of aliphatic hydroxyl groups is 1. The largest absolute Gasteiger partial charge is 0.497 e. The van der Waals surface area contributed by atoms with Crippen molar-refractivity contribution in [1.29, 1.82) is 0 Å². The highest BCUT2D eigenvalue weighted by Crippen LogP contribution is 2.29. The first-order chi connectivity index (χ1) is 22.0. The van der Waals surface area contributed by atoms with Crippen LogP contribution in [0.5, 0.6) is 11.5 Å². The van der Waals surface area contributed by atoms with Crippen LogP contribution < -0.4 is 14.8 Å². The average molecular weight is 641 g/mol. The van der Waals surface area contributed by atoms with Gasteiger partial charge in [0.15, 0.2) is 0 Å². The van der Waals surface area contributed by atoms with E-state index in [9.17, 15) is 14.7 Å². The molecule has 0 spiro atoms. The van der Waals surface area contributed by atoms with Gasteiger partial charge in [-0.2, -0.15) is 0 Å². The molecule has 0 radical (unpaired) electrons. The molecule has 256 valence electrons. The molecule has 10 nitrogen and oxygen atoms in total. The summed E-state index contributed by atoms with van der Waals surface area (Å²) in [4.78, 5) is 33.0. The maximum absolute atomic E-state index is 14.3. The summed E-state index contributed by atoms with van der Waals surface area (Å²) in [6, 6.07) is 12.9. The minimum atomic E-state index is -0.435. The van der Waals surface area contributed by atoms with Crippen LogP contribution in [0.4, 0.5) is 5.69 Å². The van der Waals surface area contributed by atoms with E-state index in [1.54, 1.807) is 30.2 Å². The molecule has 1 heterocycles. The van der Waals surface area contributed by atoms with Gasteiger partial charge in [-0.15, -0.1) is 0 Å². The van der Waals surface area contributed by atoms with E-state index in [-0.39, 0.29) is 36.5 Å². The maximum atomic E-state index is 14.3. The number of methoxy groups -OCH3 is 1. The highest BCUT2D eigenvalue weighted by atomic mass is 16.5. The van der Waals surface area contributed by atoms with E-state index < -0.39 is 6.04 Å². The molecule has 2 aromatic carbocycles. The number of likely N-dealkylation sites (N-methyl/N-ethyl adjacent to an activating group) is 1. The van der Waals surface area contributed by atoms with E-state index >= 15 is 0 Å². The highest BCUT2D eigenvalue weighted by molar-refractivity contribution is 5.99. The molecule has 0 aliphatic carbocycles. The summed E-state index contributed by atoms with van der Waals surface area (Å²) in [7, 11) is 7.70. The Bertz CT molecular complexity index is 1220. The summed E-state index contributed by atoms with van der Waals surface area (Å²) < 4.78 is 18.1. The fraction of sp³-hybridized carbons (Fsp3) is 0.611. The summed E-state index contributed by atoms with van der Waals surface area (Å²) >= 11 is 0. The van der Waals surface area contributed by atoms with Crippen LogP contribution >= 0.6 is 0 Å². The third-order valence-corrected chi connectivity index (χ3v) is 8.45. The number of hydrogen-bond acceptors (Lipinski definition) is 8. The molecule has 0 aromatic heterocycles. The summed E-state index contributed by atoms with van der Waals surface area (Å²) in [5.74, 6) is 0.934. The van der Waals surface area contributed by atoms with Crippen LogP contribution in [0.1, 0.15) is 68.8 Å². The van der Waals surface area contributed by atoms with E-state index in [1.807, 2.05) is 45.0 Å². The first kappa shape index (κ1) is 37.3. The number of nitrogens with zero attached hydrogens (tertiary/aromatic N) is 3. The number of aliphatic hydroxyl groups excluding tert-OH is 1. The van der Waals surface area contributed by atoms with Crippen LogP contribution in [0.3, 0.4) is 0 Å². The number of nitrogens with one attached hydrogen (secondary N) is 1. The standard InChI is InChI=1S/C36H56N4O6/c1-26-22-40(27(2)25-41)36(43)32-21-30(37-35(42)12-10-19-38(4)5)15-18-33(32)46-28(3)11-8-9-20-45-34(26)24-39(6)23-29-13-16-31(44-7)17-14-29/h13-18,21,26-28,34,41H,8-12,19-20,22-25H2,1-7H3,(H,37,42)/t26-,27-,28+,34-/m0/s1. The topological polar surface area (TPSA) is 104 Å². The van der Waals surface area contributed by atoms with E-state index in [0.29, 0.717) is 43.1 Å². The monoisotopic (exact) mass is 640 g/mol. The third-order valence-electron chi connectivity index (χ3n) is 8.45. The quantitative estimate of drug-likeness (QED) is 0.338. The molecular formula is C36H56N4O6. The maximum Gasteiger partial charge on any atom is 0.258 e. The minimum absolute atomic E-state index is 0.0258. The molecule has 0 fully saturated rings. The number of anilines is 1. The van der Waals surface area contributed by atoms with Gasteiger partial charge in [-0.05, 0) is 103 Å². The Morgan fingerprint density at radius 2 is 1.87 bits per heavy atom. The van der Waals surface area contributed by atoms with Gasteiger partial charge in [-0.25, -0.2) is 0 Å². The Morgan fingerprint density at radius 1 is 1.13 bits per heavy atom. The molecule has 0 bridgehead atoms. The first-order valence-electron chi connectivity index (χ1n) is 16.6. The summed E-state index contributed by atoms with van der Waals surface area (Å²) in [5.41, 5.74) is 2.09. The van der Waals surface area contributed by atoms with Crippen LogP contribution in [0.15, 0.2) is 42.5 Å². The van der Waals surface area contributed by atoms with Crippen molar-refractivity contribution in [3.63, 3.8) is 0 Å². The number of carbonyl (C=O) groups excluding carboxylic acids is 2. The second-order valence-corrected chi connectivity index (χ2v) is 13.0. The molecule has 1 aliphatic rings. The summed E-state index contributed by atoms with van der Waals surface area (Å²) in [5, 5.41) is 13.2. The lowest BCUT2D eigenvalue weighted by Gasteiger charge is -2.36. The van der Waals surface area contributed by atoms with E-state index in [0.717, 1.165) is 44.5 Å². The Hall–Kier alpha value is -3.18. The van der Waals surface area contributed by atoms with Gasteiger partial charge in [0, 0.05) is 44.3 Å². The molecule has 0 saturated heterocycles. The van der Waals surface area contributed by atoms with Gasteiger partial charge in [0.05, 0.1) is 37.5 Å².